The number of amides is 1. The average molecular weight is 353 g/mol. The molecule has 0 spiro atoms. The molecule has 1 amide bonds. The number of anilines is 1. The molecular weight excluding hydrogens is 334 g/mol. The number of carboxylic acid groups (broad SMARTS) is 1. The Morgan fingerprint density at radius 2 is 2.00 bits per heavy atom. The van der Waals surface area contributed by atoms with E-state index in [0.717, 1.165) is 0 Å². The Bertz CT molecular complexity index is 646. The molecule has 0 radical (unpaired) electrons. The monoisotopic (exact) mass is 353 g/mol. The van der Waals surface area contributed by atoms with E-state index < -0.39 is 22.3 Å². The van der Waals surface area contributed by atoms with E-state index in [-0.39, 0.29) is 12.2 Å². The van der Waals surface area contributed by atoms with E-state index in [1.165, 1.54) is 11.0 Å². The van der Waals surface area contributed by atoms with E-state index in [0.29, 0.717) is 30.0 Å². The van der Waals surface area contributed by atoms with Crippen molar-refractivity contribution >= 4 is 35.0 Å². The third-order valence-electron chi connectivity index (χ3n) is 4.00. The van der Waals surface area contributed by atoms with Gasteiger partial charge in [0.15, 0.2) is 0 Å². The van der Waals surface area contributed by atoms with Crippen LogP contribution in [-0.4, -0.2) is 52.5 Å². The first-order chi connectivity index (χ1) is 11.4. The lowest BCUT2D eigenvalue weighted by Gasteiger charge is -2.34. The van der Waals surface area contributed by atoms with Crippen molar-refractivity contribution in [1.82, 2.24) is 5.32 Å². The molecule has 0 unspecified atom stereocenters. The molecule has 1 aliphatic rings. The van der Waals surface area contributed by atoms with E-state index >= 15 is 0 Å². The lowest BCUT2D eigenvalue weighted by atomic mass is 9.92. The van der Waals surface area contributed by atoms with Gasteiger partial charge in [-0.2, -0.15) is 11.8 Å². The highest BCUT2D eigenvalue weighted by atomic mass is 32.2. The van der Waals surface area contributed by atoms with E-state index in [1.54, 1.807) is 37.0 Å². The summed E-state index contributed by atoms with van der Waals surface area (Å²) in [5.41, 5.74) is -1.04. The van der Waals surface area contributed by atoms with Crippen molar-refractivity contribution < 1.29 is 19.6 Å². The molecule has 1 fully saturated rings. The van der Waals surface area contributed by atoms with Crippen LogP contribution >= 0.6 is 11.8 Å². The molecule has 0 aromatic heterocycles. The third kappa shape index (κ3) is 3.97. The molecule has 1 saturated heterocycles. The number of hydrogen-bond donors (Lipinski definition) is 2. The van der Waals surface area contributed by atoms with Gasteiger partial charge in [-0.15, -0.1) is 0 Å². The number of para-hydroxylation sites is 2. The second-order valence-corrected chi connectivity index (χ2v) is 6.87. The maximum Gasteiger partial charge on any atom is 0.329 e. The molecule has 2 rings (SSSR count). The normalized spacial score (nSPS) is 16.2. The number of nitro groups is 1. The number of nitro benzene ring substituents is 1. The third-order valence-corrected chi connectivity index (χ3v) is 4.99. The highest BCUT2D eigenvalue weighted by Crippen LogP contribution is 2.28. The first kappa shape index (κ1) is 18.1. The van der Waals surface area contributed by atoms with Crippen molar-refractivity contribution in [2.24, 2.45) is 0 Å². The van der Waals surface area contributed by atoms with Crippen LogP contribution < -0.4 is 10.2 Å². The minimum atomic E-state index is -1.24. The summed E-state index contributed by atoms with van der Waals surface area (Å²) in [6.45, 7) is -0.160. The number of likely N-dealkylation sites (N-methyl/N-ethyl adjacent to an activating group) is 1. The molecule has 1 aromatic rings. The number of carbonyl (C=O) groups is 2. The molecule has 130 valence electrons. The van der Waals surface area contributed by atoms with E-state index in [2.05, 4.69) is 5.32 Å². The summed E-state index contributed by atoms with van der Waals surface area (Å²) in [4.78, 5) is 35.9. The van der Waals surface area contributed by atoms with Crippen LogP contribution in [0, 0.1) is 10.1 Å². The zero-order chi connectivity index (χ0) is 17.7. The van der Waals surface area contributed by atoms with Crippen LogP contribution in [0.15, 0.2) is 24.3 Å². The van der Waals surface area contributed by atoms with Gasteiger partial charge in [-0.3, -0.25) is 14.9 Å². The predicted molar refractivity (Wildman–Crippen MR) is 91.4 cm³/mol. The maximum atomic E-state index is 12.3. The molecule has 2 N–H and O–H groups in total. The Hall–Kier alpha value is -2.29. The summed E-state index contributed by atoms with van der Waals surface area (Å²) in [5, 5.41) is 23.2. The number of aliphatic carboxylic acids is 1. The number of nitrogens with zero attached hydrogens (tertiary/aromatic N) is 2. The first-order valence-corrected chi connectivity index (χ1v) is 8.58. The second kappa shape index (κ2) is 7.52. The fourth-order valence-electron chi connectivity index (χ4n) is 2.66. The van der Waals surface area contributed by atoms with Crippen molar-refractivity contribution in [3.8, 4) is 0 Å². The van der Waals surface area contributed by atoms with Crippen molar-refractivity contribution in [2.45, 2.75) is 18.4 Å². The first-order valence-electron chi connectivity index (χ1n) is 7.42. The van der Waals surface area contributed by atoms with Gasteiger partial charge < -0.3 is 15.3 Å². The largest absolute Gasteiger partial charge is 0.480 e. The van der Waals surface area contributed by atoms with Gasteiger partial charge in [-0.05, 0) is 30.4 Å². The molecule has 0 aliphatic carbocycles. The number of thioether (sulfide) groups is 1. The van der Waals surface area contributed by atoms with Gasteiger partial charge in [0.1, 0.15) is 11.2 Å². The highest BCUT2D eigenvalue weighted by Gasteiger charge is 2.41. The second-order valence-electron chi connectivity index (χ2n) is 5.65. The van der Waals surface area contributed by atoms with Crippen LogP contribution in [0.4, 0.5) is 11.4 Å². The number of carbonyl (C=O) groups excluding carboxylic acids is 1. The highest BCUT2D eigenvalue weighted by molar-refractivity contribution is 7.99. The number of nitrogens with one attached hydrogen (secondary N) is 1. The topological polar surface area (TPSA) is 113 Å². The Labute approximate surface area is 143 Å². The van der Waals surface area contributed by atoms with Gasteiger partial charge in [-0.25, -0.2) is 4.79 Å². The van der Waals surface area contributed by atoms with Crippen molar-refractivity contribution in [2.75, 3.05) is 30.0 Å². The number of rotatable bonds is 6. The van der Waals surface area contributed by atoms with Gasteiger partial charge in [0.05, 0.1) is 11.5 Å². The van der Waals surface area contributed by atoms with Gasteiger partial charge in [0.2, 0.25) is 5.91 Å². The minimum absolute atomic E-state index is 0.102. The lowest BCUT2D eigenvalue weighted by Crippen LogP contribution is -2.58. The molecule has 1 aliphatic heterocycles. The Kier molecular flexibility index (Phi) is 5.66. The number of carboxylic acids is 1. The SMILES string of the molecule is CN(CC(=O)NC1(C(=O)O)CCSCC1)c1ccccc1[N+](=O)[O-]. The van der Waals surface area contributed by atoms with E-state index in [1.807, 2.05) is 0 Å². The minimum Gasteiger partial charge on any atom is -0.480 e. The number of hydrogen-bond acceptors (Lipinski definition) is 6. The van der Waals surface area contributed by atoms with Crippen molar-refractivity contribution in [3.05, 3.63) is 34.4 Å². The molecule has 24 heavy (non-hydrogen) atoms. The predicted octanol–water partition coefficient (Wildman–Crippen LogP) is 1.50. The Morgan fingerprint density at radius 3 is 2.58 bits per heavy atom. The van der Waals surface area contributed by atoms with Crippen LogP contribution in [0.25, 0.3) is 0 Å². The van der Waals surface area contributed by atoms with Crippen LogP contribution in [0.3, 0.4) is 0 Å². The van der Waals surface area contributed by atoms with Gasteiger partial charge in [0, 0.05) is 13.1 Å². The number of benzene rings is 1. The molecule has 9 heteroatoms. The Morgan fingerprint density at radius 1 is 1.38 bits per heavy atom. The molecule has 0 bridgehead atoms. The average Bonchev–Trinajstić information content (AvgIpc) is 2.55. The van der Waals surface area contributed by atoms with Crippen LogP contribution in [0.1, 0.15) is 12.8 Å². The molecule has 0 atom stereocenters. The van der Waals surface area contributed by atoms with Crippen molar-refractivity contribution in [3.63, 3.8) is 0 Å². The van der Waals surface area contributed by atoms with Crippen LogP contribution in [0.5, 0.6) is 0 Å². The standard InChI is InChI=1S/C15H19N3O5S/c1-17(11-4-2-3-5-12(11)18(22)23)10-13(19)16-15(14(20)21)6-8-24-9-7-15/h2-5H,6-10H2,1H3,(H,16,19)(H,20,21). The van der Waals surface area contributed by atoms with E-state index in [4.69, 9.17) is 0 Å². The summed E-state index contributed by atoms with van der Waals surface area (Å²) >= 11 is 1.66. The molecular formula is C15H19N3O5S. The molecule has 1 aromatic carbocycles. The van der Waals surface area contributed by atoms with Crippen LogP contribution in [-0.2, 0) is 9.59 Å². The quantitative estimate of drug-likeness (QED) is 0.588. The molecule has 8 nitrogen and oxygen atoms in total. The van der Waals surface area contributed by atoms with Crippen LogP contribution in [0.2, 0.25) is 0 Å². The van der Waals surface area contributed by atoms with Gasteiger partial charge >= 0.3 is 5.97 Å². The summed E-state index contributed by atoms with van der Waals surface area (Å²) < 4.78 is 0. The molecule has 1 heterocycles. The van der Waals surface area contributed by atoms with E-state index in [9.17, 15) is 24.8 Å². The zero-order valence-corrected chi connectivity index (χ0v) is 14.0. The summed E-state index contributed by atoms with van der Waals surface area (Å²) in [6.07, 6.45) is 0.738. The van der Waals surface area contributed by atoms with Gasteiger partial charge in [0.25, 0.3) is 5.69 Å². The van der Waals surface area contributed by atoms with Crippen molar-refractivity contribution in [1.29, 1.82) is 0 Å². The molecule has 0 saturated carbocycles. The fraction of sp³-hybridized carbons (Fsp3) is 0.467. The smallest absolute Gasteiger partial charge is 0.329 e. The van der Waals surface area contributed by atoms with Gasteiger partial charge in [-0.1, -0.05) is 12.1 Å². The lowest BCUT2D eigenvalue weighted by molar-refractivity contribution is -0.384. The fourth-order valence-corrected chi connectivity index (χ4v) is 3.85. The summed E-state index contributed by atoms with van der Waals surface area (Å²) in [7, 11) is 1.56. The Balaban J connectivity index is 2.09. The zero-order valence-electron chi connectivity index (χ0n) is 13.2. The summed E-state index contributed by atoms with van der Waals surface area (Å²) in [5.74, 6) is -0.159. The maximum absolute atomic E-state index is 12.3. The summed E-state index contributed by atoms with van der Waals surface area (Å²) in [6, 6.07) is 6.11.